The zero-order valence-corrected chi connectivity index (χ0v) is 17.2. The zero-order chi connectivity index (χ0) is 20.7. The molecule has 0 fully saturated rings. The number of hydrogen-bond acceptors (Lipinski definition) is 3. The van der Waals surface area contributed by atoms with Crippen molar-refractivity contribution in [1.29, 1.82) is 0 Å². The van der Waals surface area contributed by atoms with Gasteiger partial charge in [0.2, 0.25) is 0 Å². The van der Waals surface area contributed by atoms with Crippen LogP contribution in [-0.2, 0) is 6.61 Å². The maximum atomic E-state index is 11.2. The van der Waals surface area contributed by atoms with Gasteiger partial charge in [-0.1, -0.05) is 42.5 Å². The molecule has 0 saturated carbocycles. The standard InChI is InChI=1S/C24H30N2O3/c1-24(2,25-23(27)28)18-26(20-11-7-4-8-12-20)21-13-15-22(16-14-21)29-17-19-9-5-3-6-10-19/h3,5-7,9-11,13-16,20,25H,4,8,12,17-18H2,1-2H3,(H,27,28). The van der Waals surface area contributed by atoms with Crippen LogP contribution in [0.1, 0.15) is 38.7 Å². The van der Waals surface area contributed by atoms with E-state index in [1.54, 1.807) is 0 Å². The number of rotatable bonds is 8. The molecule has 0 saturated heterocycles. The van der Waals surface area contributed by atoms with Crippen LogP contribution in [0.15, 0.2) is 66.7 Å². The van der Waals surface area contributed by atoms with Crippen LogP contribution in [0.3, 0.4) is 0 Å². The average molecular weight is 395 g/mol. The van der Waals surface area contributed by atoms with Gasteiger partial charge in [0.1, 0.15) is 12.4 Å². The molecule has 3 rings (SSSR count). The van der Waals surface area contributed by atoms with Crippen molar-refractivity contribution in [3.63, 3.8) is 0 Å². The fourth-order valence-corrected chi connectivity index (χ4v) is 3.68. The first-order chi connectivity index (χ1) is 13.9. The quantitative estimate of drug-likeness (QED) is 0.602. The normalized spacial score (nSPS) is 16.3. The predicted octanol–water partition coefficient (Wildman–Crippen LogP) is 5.23. The SMILES string of the molecule is CC(C)(CN(c1ccc(OCc2ccccc2)cc1)C1C=CCCC1)NC(=O)O. The number of hydrogen-bond donors (Lipinski definition) is 2. The molecule has 154 valence electrons. The summed E-state index contributed by atoms with van der Waals surface area (Å²) in [6.07, 6.45) is 6.76. The minimum atomic E-state index is -1.00. The van der Waals surface area contributed by atoms with E-state index in [0.717, 1.165) is 36.3 Å². The summed E-state index contributed by atoms with van der Waals surface area (Å²) in [6.45, 7) is 4.94. The molecule has 1 atom stereocenters. The summed E-state index contributed by atoms with van der Waals surface area (Å²) < 4.78 is 5.90. The van der Waals surface area contributed by atoms with Crippen molar-refractivity contribution in [3.05, 3.63) is 72.3 Å². The van der Waals surface area contributed by atoms with Gasteiger partial charge in [0, 0.05) is 18.3 Å². The van der Waals surface area contributed by atoms with Gasteiger partial charge in [0.05, 0.1) is 5.54 Å². The highest BCUT2D eigenvalue weighted by atomic mass is 16.5. The highest BCUT2D eigenvalue weighted by Crippen LogP contribution is 2.27. The lowest BCUT2D eigenvalue weighted by Gasteiger charge is -2.39. The van der Waals surface area contributed by atoms with Crippen LogP contribution in [-0.4, -0.2) is 29.3 Å². The van der Waals surface area contributed by atoms with Crippen LogP contribution in [0.5, 0.6) is 5.75 Å². The predicted molar refractivity (Wildman–Crippen MR) is 117 cm³/mol. The Hall–Kier alpha value is -2.95. The largest absolute Gasteiger partial charge is 0.489 e. The lowest BCUT2D eigenvalue weighted by atomic mass is 9.97. The summed E-state index contributed by atoms with van der Waals surface area (Å²) in [4.78, 5) is 13.5. The summed E-state index contributed by atoms with van der Waals surface area (Å²) in [5.74, 6) is 0.819. The summed E-state index contributed by atoms with van der Waals surface area (Å²) >= 11 is 0. The summed E-state index contributed by atoms with van der Waals surface area (Å²) in [7, 11) is 0. The first-order valence-electron chi connectivity index (χ1n) is 10.1. The van der Waals surface area contributed by atoms with Crippen molar-refractivity contribution in [2.24, 2.45) is 0 Å². The third-order valence-electron chi connectivity index (χ3n) is 5.06. The fraction of sp³-hybridized carbons (Fsp3) is 0.375. The maximum absolute atomic E-state index is 11.2. The molecule has 1 unspecified atom stereocenters. The number of nitrogens with one attached hydrogen (secondary N) is 1. The molecule has 0 heterocycles. The third-order valence-corrected chi connectivity index (χ3v) is 5.06. The molecule has 5 heteroatoms. The molecule has 0 aromatic heterocycles. The highest BCUT2D eigenvalue weighted by Gasteiger charge is 2.28. The number of nitrogens with zero attached hydrogens (tertiary/aromatic N) is 1. The Morgan fingerprint density at radius 3 is 2.52 bits per heavy atom. The number of carboxylic acid groups (broad SMARTS) is 1. The van der Waals surface area contributed by atoms with E-state index in [-0.39, 0.29) is 6.04 Å². The van der Waals surface area contributed by atoms with E-state index in [2.05, 4.69) is 34.5 Å². The molecular weight excluding hydrogens is 364 g/mol. The Bertz CT molecular complexity index is 816. The molecule has 29 heavy (non-hydrogen) atoms. The van der Waals surface area contributed by atoms with Gasteiger partial charge in [-0.25, -0.2) is 4.79 Å². The Morgan fingerprint density at radius 1 is 1.17 bits per heavy atom. The summed E-state index contributed by atoms with van der Waals surface area (Å²) in [5, 5.41) is 11.8. The Morgan fingerprint density at radius 2 is 1.90 bits per heavy atom. The van der Waals surface area contributed by atoms with Crippen LogP contribution in [0.25, 0.3) is 0 Å². The second-order valence-electron chi connectivity index (χ2n) is 8.14. The van der Waals surface area contributed by atoms with Gasteiger partial charge in [0.15, 0.2) is 0 Å². The van der Waals surface area contributed by atoms with Crippen LogP contribution in [0.2, 0.25) is 0 Å². The van der Waals surface area contributed by atoms with E-state index in [1.165, 1.54) is 0 Å². The van der Waals surface area contributed by atoms with Crippen molar-refractivity contribution >= 4 is 11.8 Å². The zero-order valence-electron chi connectivity index (χ0n) is 17.2. The van der Waals surface area contributed by atoms with Crippen molar-refractivity contribution in [1.82, 2.24) is 5.32 Å². The van der Waals surface area contributed by atoms with E-state index in [9.17, 15) is 9.90 Å². The Balaban J connectivity index is 1.73. The van der Waals surface area contributed by atoms with E-state index < -0.39 is 11.6 Å². The van der Waals surface area contributed by atoms with Crippen LogP contribution < -0.4 is 15.0 Å². The van der Waals surface area contributed by atoms with Crippen molar-refractivity contribution in [3.8, 4) is 5.75 Å². The van der Waals surface area contributed by atoms with Gasteiger partial charge >= 0.3 is 6.09 Å². The fourth-order valence-electron chi connectivity index (χ4n) is 3.68. The van der Waals surface area contributed by atoms with Gasteiger partial charge in [-0.05, 0) is 62.9 Å². The van der Waals surface area contributed by atoms with Gasteiger partial charge in [-0.2, -0.15) is 0 Å². The second-order valence-corrected chi connectivity index (χ2v) is 8.14. The van der Waals surface area contributed by atoms with Gasteiger partial charge in [-0.15, -0.1) is 0 Å². The number of amides is 1. The van der Waals surface area contributed by atoms with E-state index in [0.29, 0.717) is 13.2 Å². The molecular formula is C24H30N2O3. The maximum Gasteiger partial charge on any atom is 0.405 e. The molecule has 5 nitrogen and oxygen atoms in total. The second kappa shape index (κ2) is 9.50. The summed E-state index contributed by atoms with van der Waals surface area (Å²) in [5.41, 5.74) is 1.63. The molecule has 0 spiro atoms. The number of allylic oxidation sites excluding steroid dienone is 1. The average Bonchev–Trinajstić information content (AvgIpc) is 2.71. The Kier molecular flexibility index (Phi) is 6.81. The van der Waals surface area contributed by atoms with Gasteiger partial charge in [-0.3, -0.25) is 0 Å². The molecule has 1 aliphatic rings. The van der Waals surface area contributed by atoms with Crippen LogP contribution in [0, 0.1) is 0 Å². The number of anilines is 1. The number of carbonyl (C=O) groups is 1. The van der Waals surface area contributed by atoms with E-state index >= 15 is 0 Å². The molecule has 0 radical (unpaired) electrons. The molecule has 1 amide bonds. The molecule has 2 N–H and O–H groups in total. The van der Waals surface area contributed by atoms with Crippen molar-refractivity contribution in [2.75, 3.05) is 11.4 Å². The van der Waals surface area contributed by atoms with Crippen molar-refractivity contribution in [2.45, 2.75) is 51.3 Å². The van der Waals surface area contributed by atoms with E-state index in [1.807, 2.05) is 56.3 Å². The van der Waals surface area contributed by atoms with Crippen molar-refractivity contribution < 1.29 is 14.6 Å². The molecule has 1 aliphatic carbocycles. The minimum Gasteiger partial charge on any atom is -0.489 e. The third kappa shape index (κ3) is 6.28. The number of ether oxygens (including phenoxy) is 1. The van der Waals surface area contributed by atoms with Crippen LogP contribution >= 0.6 is 0 Å². The molecule has 0 aliphatic heterocycles. The monoisotopic (exact) mass is 394 g/mol. The lowest BCUT2D eigenvalue weighted by Crippen LogP contribution is -2.53. The highest BCUT2D eigenvalue weighted by molar-refractivity contribution is 5.65. The first kappa shape index (κ1) is 20.8. The van der Waals surface area contributed by atoms with Gasteiger partial charge in [0.25, 0.3) is 0 Å². The molecule has 2 aromatic rings. The molecule has 0 bridgehead atoms. The topological polar surface area (TPSA) is 61.8 Å². The summed E-state index contributed by atoms with van der Waals surface area (Å²) in [6, 6.07) is 18.4. The van der Waals surface area contributed by atoms with Gasteiger partial charge < -0.3 is 20.1 Å². The van der Waals surface area contributed by atoms with Crippen LogP contribution in [0.4, 0.5) is 10.5 Å². The van der Waals surface area contributed by atoms with E-state index in [4.69, 9.17) is 4.74 Å². The smallest absolute Gasteiger partial charge is 0.405 e. The minimum absolute atomic E-state index is 0.259. The lowest BCUT2D eigenvalue weighted by molar-refractivity contribution is 0.182. The Labute approximate surface area is 173 Å². The number of benzene rings is 2. The molecule has 2 aromatic carbocycles. The first-order valence-corrected chi connectivity index (χ1v) is 10.1.